The number of nitrogens with two attached hydrogens (primary N) is 1. The van der Waals surface area contributed by atoms with Crippen LogP contribution >= 0.6 is 0 Å². The molecule has 0 heterocycles. The number of hydrogen-bond donors (Lipinski definition) is 1. The summed E-state index contributed by atoms with van der Waals surface area (Å²) in [7, 11) is 0. The smallest absolute Gasteiger partial charge is 0.0323 e. The summed E-state index contributed by atoms with van der Waals surface area (Å²) >= 11 is 0. The first-order valence-corrected chi connectivity index (χ1v) is 6.22. The van der Waals surface area contributed by atoms with Gasteiger partial charge in [-0.15, -0.1) is 0 Å². The second kappa shape index (κ2) is 3.64. The summed E-state index contributed by atoms with van der Waals surface area (Å²) in [5.74, 6) is 0.770. The summed E-state index contributed by atoms with van der Waals surface area (Å²) in [6, 6.07) is 7.24. The number of aryl methyl sites for hydroxylation is 2. The largest absolute Gasteiger partial charge is 0.324 e. The van der Waals surface area contributed by atoms with E-state index in [2.05, 4.69) is 18.2 Å². The Morgan fingerprint density at radius 3 is 2.53 bits per heavy atom. The summed E-state index contributed by atoms with van der Waals surface area (Å²) in [6.07, 6.45) is 7.92. The molecule has 0 radical (unpaired) electrons. The third-order valence-electron chi connectivity index (χ3n) is 3.89. The van der Waals surface area contributed by atoms with E-state index in [4.69, 9.17) is 5.73 Å². The molecule has 2 aliphatic rings. The van der Waals surface area contributed by atoms with Gasteiger partial charge in [-0.25, -0.2) is 0 Å². The van der Waals surface area contributed by atoms with E-state index in [0.717, 1.165) is 5.92 Å². The Bertz CT molecular complexity index is 366. The first-order valence-electron chi connectivity index (χ1n) is 6.22. The van der Waals surface area contributed by atoms with Gasteiger partial charge < -0.3 is 5.73 Å². The molecule has 2 N–H and O–H groups in total. The Morgan fingerprint density at radius 1 is 1.07 bits per heavy atom. The van der Waals surface area contributed by atoms with Crippen molar-refractivity contribution in [1.82, 2.24) is 0 Å². The summed E-state index contributed by atoms with van der Waals surface area (Å²) in [4.78, 5) is 0. The van der Waals surface area contributed by atoms with Crippen LogP contribution in [-0.4, -0.2) is 0 Å². The highest BCUT2D eigenvalue weighted by Crippen LogP contribution is 2.40. The van der Waals surface area contributed by atoms with Gasteiger partial charge in [-0.05, 0) is 61.1 Å². The van der Waals surface area contributed by atoms with Crippen LogP contribution in [0.2, 0.25) is 0 Å². The van der Waals surface area contributed by atoms with Gasteiger partial charge >= 0.3 is 0 Å². The standard InChI is InChI=1S/C14H19N/c15-14(11-6-7-11)13-8-5-10-3-1-2-4-12(10)9-13/h5,8-9,11,14H,1-4,6-7,15H2. The molecule has 1 saturated carbocycles. The molecule has 0 aromatic heterocycles. The van der Waals surface area contributed by atoms with Crippen LogP contribution in [0.3, 0.4) is 0 Å². The SMILES string of the molecule is NC(c1ccc2c(c1)CCCC2)C1CC1. The molecule has 80 valence electrons. The minimum Gasteiger partial charge on any atom is -0.324 e. The lowest BCUT2D eigenvalue weighted by atomic mass is 9.88. The zero-order valence-electron chi connectivity index (χ0n) is 9.21. The first-order chi connectivity index (χ1) is 7.34. The average molecular weight is 201 g/mol. The fourth-order valence-corrected chi connectivity index (χ4v) is 2.69. The Kier molecular flexibility index (Phi) is 2.28. The fourth-order valence-electron chi connectivity index (χ4n) is 2.69. The molecule has 0 amide bonds. The number of fused-ring (bicyclic) bond motifs is 1. The summed E-state index contributed by atoms with van der Waals surface area (Å²) in [5.41, 5.74) is 10.7. The molecule has 0 saturated heterocycles. The maximum Gasteiger partial charge on any atom is 0.0323 e. The van der Waals surface area contributed by atoms with Gasteiger partial charge in [-0.2, -0.15) is 0 Å². The Hall–Kier alpha value is -0.820. The van der Waals surface area contributed by atoms with E-state index >= 15 is 0 Å². The normalized spacial score (nSPS) is 22.2. The lowest BCUT2D eigenvalue weighted by molar-refractivity contribution is 0.627. The highest BCUT2D eigenvalue weighted by atomic mass is 14.7. The van der Waals surface area contributed by atoms with Gasteiger partial charge in [0.05, 0.1) is 0 Å². The molecule has 1 nitrogen and oxygen atoms in total. The molecule has 1 atom stereocenters. The van der Waals surface area contributed by atoms with Crippen molar-refractivity contribution in [1.29, 1.82) is 0 Å². The molecule has 1 heteroatoms. The highest BCUT2D eigenvalue weighted by molar-refractivity contribution is 5.35. The molecule has 1 aromatic carbocycles. The summed E-state index contributed by atoms with van der Waals surface area (Å²) < 4.78 is 0. The first kappa shape index (κ1) is 9.41. The van der Waals surface area contributed by atoms with E-state index in [1.807, 2.05) is 0 Å². The van der Waals surface area contributed by atoms with Crippen molar-refractivity contribution < 1.29 is 0 Å². The molecule has 15 heavy (non-hydrogen) atoms. The van der Waals surface area contributed by atoms with Crippen LogP contribution in [0.15, 0.2) is 18.2 Å². The monoisotopic (exact) mass is 201 g/mol. The summed E-state index contributed by atoms with van der Waals surface area (Å²) in [6.45, 7) is 0. The lowest BCUT2D eigenvalue weighted by Gasteiger charge is -2.19. The second-order valence-corrected chi connectivity index (χ2v) is 5.10. The molecule has 1 unspecified atom stereocenters. The fraction of sp³-hybridized carbons (Fsp3) is 0.571. The van der Waals surface area contributed by atoms with Crippen LogP contribution in [0.1, 0.15) is 48.4 Å². The number of benzene rings is 1. The number of hydrogen-bond acceptors (Lipinski definition) is 1. The molecule has 0 spiro atoms. The molecule has 3 rings (SSSR count). The summed E-state index contributed by atoms with van der Waals surface area (Å²) in [5, 5.41) is 0. The maximum absolute atomic E-state index is 6.23. The van der Waals surface area contributed by atoms with Crippen LogP contribution < -0.4 is 5.73 Å². The molecular weight excluding hydrogens is 182 g/mol. The van der Waals surface area contributed by atoms with Crippen molar-refractivity contribution in [3.05, 3.63) is 34.9 Å². The molecular formula is C14H19N. The predicted molar refractivity (Wildman–Crippen MR) is 62.7 cm³/mol. The highest BCUT2D eigenvalue weighted by Gasteiger charge is 2.29. The zero-order valence-corrected chi connectivity index (χ0v) is 9.21. The Balaban J connectivity index is 1.89. The van der Waals surface area contributed by atoms with Crippen molar-refractivity contribution in [3.63, 3.8) is 0 Å². The van der Waals surface area contributed by atoms with Crippen LogP contribution in [-0.2, 0) is 12.8 Å². The second-order valence-electron chi connectivity index (χ2n) is 5.10. The Labute approximate surface area is 91.7 Å². The quantitative estimate of drug-likeness (QED) is 0.782. The van der Waals surface area contributed by atoms with Gasteiger partial charge in [0.25, 0.3) is 0 Å². The van der Waals surface area contributed by atoms with Gasteiger partial charge in [-0.3, -0.25) is 0 Å². The third kappa shape index (κ3) is 1.81. The van der Waals surface area contributed by atoms with Crippen LogP contribution in [0, 0.1) is 5.92 Å². The van der Waals surface area contributed by atoms with Crippen LogP contribution in [0.4, 0.5) is 0 Å². The minimum absolute atomic E-state index is 0.303. The molecule has 0 aliphatic heterocycles. The van der Waals surface area contributed by atoms with E-state index in [1.54, 1.807) is 11.1 Å². The van der Waals surface area contributed by atoms with Gasteiger partial charge in [0, 0.05) is 6.04 Å². The minimum atomic E-state index is 0.303. The predicted octanol–water partition coefficient (Wildman–Crippen LogP) is 2.98. The van der Waals surface area contributed by atoms with Crippen LogP contribution in [0.5, 0.6) is 0 Å². The van der Waals surface area contributed by atoms with Gasteiger partial charge in [0.15, 0.2) is 0 Å². The van der Waals surface area contributed by atoms with Gasteiger partial charge in [0.2, 0.25) is 0 Å². The number of rotatable bonds is 2. The molecule has 1 fully saturated rings. The van der Waals surface area contributed by atoms with Crippen molar-refractivity contribution in [2.24, 2.45) is 11.7 Å². The van der Waals surface area contributed by atoms with E-state index in [9.17, 15) is 0 Å². The maximum atomic E-state index is 6.23. The molecule has 2 aliphatic carbocycles. The molecule has 0 bridgehead atoms. The van der Waals surface area contributed by atoms with E-state index in [1.165, 1.54) is 44.1 Å². The Morgan fingerprint density at radius 2 is 1.80 bits per heavy atom. The van der Waals surface area contributed by atoms with Crippen molar-refractivity contribution in [2.45, 2.75) is 44.6 Å². The van der Waals surface area contributed by atoms with Gasteiger partial charge in [-0.1, -0.05) is 18.2 Å². The lowest BCUT2D eigenvalue weighted by Crippen LogP contribution is -2.13. The van der Waals surface area contributed by atoms with E-state index in [-0.39, 0.29) is 0 Å². The van der Waals surface area contributed by atoms with Crippen molar-refractivity contribution in [2.75, 3.05) is 0 Å². The van der Waals surface area contributed by atoms with E-state index < -0.39 is 0 Å². The van der Waals surface area contributed by atoms with E-state index in [0.29, 0.717) is 6.04 Å². The van der Waals surface area contributed by atoms with Gasteiger partial charge in [0.1, 0.15) is 0 Å². The van der Waals surface area contributed by atoms with Crippen LogP contribution in [0.25, 0.3) is 0 Å². The third-order valence-corrected chi connectivity index (χ3v) is 3.89. The van der Waals surface area contributed by atoms with Crippen molar-refractivity contribution in [3.8, 4) is 0 Å². The zero-order chi connectivity index (χ0) is 10.3. The topological polar surface area (TPSA) is 26.0 Å². The average Bonchev–Trinajstić information content (AvgIpc) is 3.11. The van der Waals surface area contributed by atoms with Crippen molar-refractivity contribution >= 4 is 0 Å². The molecule has 1 aromatic rings.